The van der Waals surface area contributed by atoms with Gasteiger partial charge in [0.2, 0.25) is 0 Å². The topological polar surface area (TPSA) is 20.3 Å². The maximum absolute atomic E-state index is 10.2. The number of hydrogen-bond donors (Lipinski definition) is 0. The van der Waals surface area contributed by atoms with Gasteiger partial charge in [0.25, 0.3) is 0 Å². The molecular formula is C4H10NOP. The Morgan fingerprint density at radius 1 is 1.86 bits per heavy atom. The van der Waals surface area contributed by atoms with Crippen molar-refractivity contribution in [2.75, 3.05) is 13.6 Å². The average molecular weight is 119 g/mol. The fraction of sp³-hybridized carbons (Fsp3) is 0.750. The Hall–Kier alpha value is 0.0600. The molecule has 2 nitrogen and oxygen atoms in total. The molecule has 1 unspecified atom stereocenters. The molecule has 0 N–H and O–H groups in total. The largest absolute Gasteiger partial charge is 0.299 e. The monoisotopic (exact) mass is 119 g/mol. The molecule has 0 aliphatic heterocycles. The van der Waals surface area contributed by atoms with Gasteiger partial charge in [0, 0.05) is 0 Å². The maximum atomic E-state index is 10.2. The summed E-state index contributed by atoms with van der Waals surface area (Å²) in [7, 11) is 4.25. The van der Waals surface area contributed by atoms with E-state index in [4.69, 9.17) is 0 Å². The fourth-order valence-corrected chi connectivity index (χ4v) is 0.608. The molecule has 0 aliphatic carbocycles. The summed E-state index contributed by atoms with van der Waals surface area (Å²) in [5.41, 5.74) is 0. The maximum Gasteiger partial charge on any atom is 0.144 e. The second kappa shape index (κ2) is 3.11. The van der Waals surface area contributed by atoms with Gasteiger partial charge in [-0.15, -0.1) is 0 Å². The van der Waals surface area contributed by atoms with Gasteiger partial charge in [-0.2, -0.15) is 0 Å². The Bertz CT molecular complexity index is 72.1. The van der Waals surface area contributed by atoms with Crippen LogP contribution in [0, 0.1) is 0 Å². The van der Waals surface area contributed by atoms with Gasteiger partial charge >= 0.3 is 0 Å². The summed E-state index contributed by atoms with van der Waals surface area (Å²) in [6.45, 7) is 2.09. The molecule has 3 heteroatoms. The number of rotatable bonds is 2. The van der Waals surface area contributed by atoms with Crippen molar-refractivity contribution in [1.29, 1.82) is 0 Å². The van der Waals surface area contributed by atoms with Crippen LogP contribution in [0.3, 0.4) is 0 Å². The highest BCUT2D eigenvalue weighted by molar-refractivity contribution is 7.13. The molecule has 0 aromatic carbocycles. The molecule has 0 heterocycles. The third-order valence-electron chi connectivity index (χ3n) is 0.472. The van der Waals surface area contributed by atoms with Crippen molar-refractivity contribution in [1.82, 2.24) is 4.67 Å². The molecule has 0 rings (SSSR count). The van der Waals surface area contributed by atoms with Gasteiger partial charge < -0.3 is 0 Å². The summed E-state index contributed by atoms with van der Waals surface area (Å²) < 4.78 is 1.77. The number of likely N-dealkylation sites (N-methyl/N-ethyl adjacent to an activating group) is 1. The number of carbonyl (C=O) groups is 1. The van der Waals surface area contributed by atoms with Crippen LogP contribution in [-0.4, -0.2) is 24.0 Å². The second-order valence-corrected chi connectivity index (χ2v) is 2.50. The number of Topliss-reactive ketones (excluding diaryl/α,β-unsaturated/α-hetero) is 1. The summed E-state index contributed by atoms with van der Waals surface area (Å²) in [4.78, 5) is 10.2. The lowest BCUT2D eigenvalue weighted by molar-refractivity contribution is -0.116. The van der Waals surface area contributed by atoms with Crippen molar-refractivity contribution < 1.29 is 4.79 Å². The molecule has 0 amide bonds. The van der Waals surface area contributed by atoms with E-state index in [1.807, 2.05) is 7.05 Å². The molecule has 0 saturated heterocycles. The van der Waals surface area contributed by atoms with Crippen LogP contribution >= 0.6 is 9.39 Å². The molecule has 0 saturated carbocycles. The number of hydrogen-bond acceptors (Lipinski definition) is 2. The predicted octanol–water partition coefficient (Wildman–Crippen LogP) is 0.297. The molecule has 0 spiro atoms. The van der Waals surface area contributed by atoms with Crippen LogP contribution in [0.5, 0.6) is 0 Å². The normalized spacial score (nSPS) is 9.71. The standard InChI is InChI=1S/C4H10NOP/c1-4(6)3-5(2)7/h3,7H2,1-2H3. The third-order valence-corrected chi connectivity index (χ3v) is 0.655. The van der Waals surface area contributed by atoms with E-state index in [0.29, 0.717) is 6.54 Å². The minimum atomic E-state index is 0.192. The van der Waals surface area contributed by atoms with Gasteiger partial charge in [-0.25, -0.2) is 0 Å². The molecule has 42 valence electrons. The van der Waals surface area contributed by atoms with E-state index in [0.717, 1.165) is 0 Å². The second-order valence-electron chi connectivity index (χ2n) is 1.62. The van der Waals surface area contributed by atoms with E-state index < -0.39 is 0 Å². The highest BCUT2D eigenvalue weighted by atomic mass is 31.0. The van der Waals surface area contributed by atoms with Crippen molar-refractivity contribution in [3.8, 4) is 0 Å². The van der Waals surface area contributed by atoms with Crippen LogP contribution in [-0.2, 0) is 4.79 Å². The molecular weight excluding hydrogens is 109 g/mol. The summed E-state index contributed by atoms with van der Waals surface area (Å²) in [5, 5.41) is 0. The van der Waals surface area contributed by atoms with E-state index in [-0.39, 0.29) is 5.78 Å². The lowest BCUT2D eigenvalue weighted by Gasteiger charge is -2.02. The van der Waals surface area contributed by atoms with Crippen LogP contribution in [0.15, 0.2) is 0 Å². The average Bonchev–Trinajstić information content (AvgIpc) is 1.27. The number of ketones is 1. The zero-order valence-electron chi connectivity index (χ0n) is 4.64. The Balaban J connectivity index is 3.13. The Morgan fingerprint density at radius 3 is 2.29 bits per heavy atom. The zero-order chi connectivity index (χ0) is 5.86. The first-order valence-electron chi connectivity index (χ1n) is 2.08. The van der Waals surface area contributed by atoms with Crippen molar-refractivity contribution in [3.05, 3.63) is 0 Å². The number of nitrogens with zero attached hydrogens (tertiary/aromatic N) is 1. The lowest BCUT2D eigenvalue weighted by atomic mass is 10.5. The van der Waals surface area contributed by atoms with Crippen molar-refractivity contribution in [2.45, 2.75) is 6.92 Å². The van der Waals surface area contributed by atoms with Gasteiger partial charge in [-0.05, 0) is 14.0 Å². The minimum Gasteiger partial charge on any atom is -0.299 e. The smallest absolute Gasteiger partial charge is 0.144 e. The highest BCUT2D eigenvalue weighted by Gasteiger charge is 1.91. The first kappa shape index (κ1) is 7.06. The summed E-state index contributed by atoms with van der Waals surface area (Å²) in [5.74, 6) is 0.192. The van der Waals surface area contributed by atoms with Crippen molar-refractivity contribution >= 4 is 15.2 Å². The molecule has 0 radical (unpaired) electrons. The van der Waals surface area contributed by atoms with E-state index in [9.17, 15) is 4.79 Å². The van der Waals surface area contributed by atoms with E-state index in [1.165, 1.54) is 0 Å². The first-order valence-corrected chi connectivity index (χ1v) is 2.60. The quantitative estimate of drug-likeness (QED) is 0.487. The van der Waals surface area contributed by atoms with Crippen LogP contribution in [0.2, 0.25) is 0 Å². The van der Waals surface area contributed by atoms with Gasteiger partial charge in [0.1, 0.15) is 5.78 Å². The van der Waals surface area contributed by atoms with Gasteiger partial charge in [0.05, 0.1) is 6.54 Å². The number of carbonyl (C=O) groups excluding carboxylic acids is 1. The third kappa shape index (κ3) is 6.06. The first-order chi connectivity index (χ1) is 3.13. The molecule has 0 aromatic rings. The van der Waals surface area contributed by atoms with Gasteiger partial charge in [0.15, 0.2) is 0 Å². The molecule has 0 bridgehead atoms. The Morgan fingerprint density at radius 2 is 2.29 bits per heavy atom. The SMILES string of the molecule is CC(=O)CN(C)P. The summed E-state index contributed by atoms with van der Waals surface area (Å²) >= 11 is 0. The van der Waals surface area contributed by atoms with E-state index >= 15 is 0 Å². The van der Waals surface area contributed by atoms with E-state index in [2.05, 4.69) is 9.39 Å². The Labute approximate surface area is 46.1 Å². The van der Waals surface area contributed by atoms with Crippen molar-refractivity contribution in [2.24, 2.45) is 0 Å². The summed E-state index contributed by atoms with van der Waals surface area (Å²) in [6, 6.07) is 0. The summed E-state index contributed by atoms with van der Waals surface area (Å²) in [6.07, 6.45) is 0. The Kier molecular flexibility index (Phi) is 3.14. The fourth-order valence-electron chi connectivity index (χ4n) is 0.351. The lowest BCUT2D eigenvalue weighted by Crippen LogP contribution is -2.12. The molecule has 0 fully saturated rings. The van der Waals surface area contributed by atoms with E-state index in [1.54, 1.807) is 11.6 Å². The van der Waals surface area contributed by atoms with Crippen LogP contribution < -0.4 is 0 Å². The van der Waals surface area contributed by atoms with Crippen LogP contribution in [0.25, 0.3) is 0 Å². The molecule has 1 atom stereocenters. The van der Waals surface area contributed by atoms with Crippen LogP contribution in [0.1, 0.15) is 6.92 Å². The molecule has 7 heavy (non-hydrogen) atoms. The van der Waals surface area contributed by atoms with Gasteiger partial charge in [-0.1, -0.05) is 9.39 Å². The molecule has 0 aliphatic rings. The predicted molar refractivity (Wildman–Crippen MR) is 33.0 cm³/mol. The van der Waals surface area contributed by atoms with Crippen molar-refractivity contribution in [3.63, 3.8) is 0 Å². The zero-order valence-corrected chi connectivity index (χ0v) is 5.79. The van der Waals surface area contributed by atoms with Crippen LogP contribution in [0.4, 0.5) is 0 Å². The van der Waals surface area contributed by atoms with Gasteiger partial charge in [-0.3, -0.25) is 9.46 Å². The highest BCUT2D eigenvalue weighted by Crippen LogP contribution is 1.89. The minimum absolute atomic E-state index is 0.192. The molecule has 0 aromatic heterocycles.